The van der Waals surface area contributed by atoms with Crippen molar-refractivity contribution in [1.29, 1.82) is 0 Å². The second-order valence-electron chi connectivity index (χ2n) is 6.42. The van der Waals surface area contributed by atoms with Gasteiger partial charge in [-0.3, -0.25) is 4.79 Å². The Morgan fingerprint density at radius 1 is 1.14 bits per heavy atom. The van der Waals surface area contributed by atoms with Crippen LogP contribution in [0.2, 0.25) is 0 Å². The van der Waals surface area contributed by atoms with Gasteiger partial charge in [0.25, 0.3) is 5.91 Å². The Hall–Kier alpha value is -3.67. The number of aromatic nitrogens is 1. The molecule has 140 valence electrons. The molecule has 0 bridgehead atoms. The molecule has 0 fully saturated rings. The summed E-state index contributed by atoms with van der Waals surface area (Å²) in [5.41, 5.74) is 3.25. The van der Waals surface area contributed by atoms with E-state index in [1.165, 1.54) is 13.3 Å². The third-order valence-electron chi connectivity index (χ3n) is 4.62. The van der Waals surface area contributed by atoms with Gasteiger partial charge in [0.1, 0.15) is 6.10 Å². The van der Waals surface area contributed by atoms with Crippen LogP contribution in [0.5, 0.6) is 5.88 Å². The van der Waals surface area contributed by atoms with Gasteiger partial charge in [0.2, 0.25) is 5.88 Å². The van der Waals surface area contributed by atoms with Crippen LogP contribution in [0.15, 0.2) is 66.9 Å². The summed E-state index contributed by atoms with van der Waals surface area (Å²) in [6.45, 7) is 0. The SMILES string of the molecule is COc1ccc(NC(=O)c2ccc3c(c2)CC(c2ccccc2)OC3=O)cn1. The number of hydrogen-bond donors (Lipinski definition) is 1. The van der Waals surface area contributed by atoms with Crippen LogP contribution in [0.25, 0.3) is 0 Å². The van der Waals surface area contributed by atoms with Crippen molar-refractivity contribution in [3.63, 3.8) is 0 Å². The molecular weight excluding hydrogens is 356 g/mol. The van der Waals surface area contributed by atoms with Crippen LogP contribution in [0.3, 0.4) is 0 Å². The van der Waals surface area contributed by atoms with Crippen LogP contribution < -0.4 is 10.1 Å². The number of hydrogen-bond acceptors (Lipinski definition) is 5. The van der Waals surface area contributed by atoms with Gasteiger partial charge in [-0.25, -0.2) is 9.78 Å². The van der Waals surface area contributed by atoms with Gasteiger partial charge in [0.15, 0.2) is 0 Å². The van der Waals surface area contributed by atoms with Gasteiger partial charge in [0, 0.05) is 18.1 Å². The fourth-order valence-electron chi connectivity index (χ4n) is 3.17. The van der Waals surface area contributed by atoms with Crippen molar-refractivity contribution < 1.29 is 19.1 Å². The molecule has 1 aliphatic heterocycles. The molecule has 0 aliphatic carbocycles. The van der Waals surface area contributed by atoms with Gasteiger partial charge >= 0.3 is 5.97 Å². The maximum absolute atomic E-state index is 12.6. The molecule has 0 saturated heterocycles. The number of cyclic esters (lactones) is 1. The summed E-state index contributed by atoms with van der Waals surface area (Å²) in [6.07, 6.45) is 1.69. The highest BCUT2D eigenvalue weighted by Crippen LogP contribution is 2.31. The van der Waals surface area contributed by atoms with Gasteiger partial charge in [-0.05, 0) is 35.4 Å². The number of nitrogens with zero attached hydrogens (tertiary/aromatic N) is 1. The first-order chi connectivity index (χ1) is 13.6. The Labute approximate surface area is 162 Å². The number of carbonyl (C=O) groups is 2. The smallest absolute Gasteiger partial charge is 0.339 e. The number of pyridine rings is 1. The van der Waals surface area contributed by atoms with Crippen molar-refractivity contribution in [1.82, 2.24) is 4.98 Å². The van der Waals surface area contributed by atoms with Crippen molar-refractivity contribution in [2.45, 2.75) is 12.5 Å². The fourth-order valence-corrected chi connectivity index (χ4v) is 3.17. The second-order valence-corrected chi connectivity index (χ2v) is 6.42. The summed E-state index contributed by atoms with van der Waals surface area (Å²) in [7, 11) is 1.53. The van der Waals surface area contributed by atoms with E-state index in [0.717, 1.165) is 11.1 Å². The van der Waals surface area contributed by atoms with E-state index in [4.69, 9.17) is 9.47 Å². The van der Waals surface area contributed by atoms with Crippen LogP contribution in [0.1, 0.15) is 37.9 Å². The molecule has 2 aromatic carbocycles. The lowest BCUT2D eigenvalue weighted by Gasteiger charge is -2.25. The van der Waals surface area contributed by atoms with Gasteiger partial charge < -0.3 is 14.8 Å². The highest BCUT2D eigenvalue weighted by Gasteiger charge is 2.28. The summed E-state index contributed by atoms with van der Waals surface area (Å²) in [6, 6.07) is 18.0. The van der Waals surface area contributed by atoms with Gasteiger partial charge in [0.05, 0.1) is 24.6 Å². The molecule has 1 unspecified atom stereocenters. The van der Waals surface area contributed by atoms with Crippen molar-refractivity contribution >= 4 is 17.6 Å². The quantitative estimate of drug-likeness (QED) is 0.703. The van der Waals surface area contributed by atoms with Crippen LogP contribution >= 0.6 is 0 Å². The van der Waals surface area contributed by atoms with Crippen molar-refractivity contribution in [2.24, 2.45) is 0 Å². The van der Waals surface area contributed by atoms with E-state index in [1.807, 2.05) is 30.3 Å². The average molecular weight is 374 g/mol. The lowest BCUT2D eigenvalue weighted by molar-refractivity contribution is 0.0252. The minimum Gasteiger partial charge on any atom is -0.481 e. The van der Waals surface area contributed by atoms with Gasteiger partial charge in [-0.15, -0.1) is 0 Å². The molecule has 2 heterocycles. The third-order valence-corrected chi connectivity index (χ3v) is 4.62. The van der Waals surface area contributed by atoms with Crippen LogP contribution in [0, 0.1) is 0 Å². The summed E-state index contributed by atoms with van der Waals surface area (Å²) < 4.78 is 10.6. The molecule has 1 N–H and O–H groups in total. The number of fused-ring (bicyclic) bond motifs is 1. The van der Waals surface area contributed by atoms with Gasteiger partial charge in [-0.2, -0.15) is 0 Å². The highest BCUT2D eigenvalue weighted by atomic mass is 16.5. The molecule has 6 heteroatoms. The Balaban J connectivity index is 1.55. The largest absolute Gasteiger partial charge is 0.481 e. The third kappa shape index (κ3) is 3.57. The van der Waals surface area contributed by atoms with E-state index < -0.39 is 0 Å². The Morgan fingerprint density at radius 3 is 2.68 bits per heavy atom. The molecular formula is C22H18N2O4. The van der Waals surface area contributed by atoms with E-state index in [0.29, 0.717) is 29.1 Å². The zero-order valence-electron chi connectivity index (χ0n) is 15.2. The summed E-state index contributed by atoms with van der Waals surface area (Å²) >= 11 is 0. The lowest BCUT2D eigenvalue weighted by Crippen LogP contribution is -2.23. The number of methoxy groups -OCH3 is 1. The Kier molecular flexibility index (Phi) is 4.76. The Bertz CT molecular complexity index is 1020. The molecule has 4 rings (SSSR count). The van der Waals surface area contributed by atoms with Crippen LogP contribution in [0.4, 0.5) is 5.69 Å². The topological polar surface area (TPSA) is 77.5 Å². The van der Waals surface area contributed by atoms with Crippen LogP contribution in [-0.2, 0) is 11.2 Å². The maximum atomic E-state index is 12.6. The number of amides is 1. The van der Waals surface area contributed by atoms with E-state index in [-0.39, 0.29) is 18.0 Å². The zero-order chi connectivity index (χ0) is 19.5. The van der Waals surface area contributed by atoms with Gasteiger partial charge in [-0.1, -0.05) is 30.3 Å². The molecule has 1 amide bonds. The number of carbonyl (C=O) groups excluding carboxylic acids is 2. The molecule has 1 aliphatic rings. The normalized spacial score (nSPS) is 15.3. The minimum atomic E-state index is -0.374. The molecule has 6 nitrogen and oxygen atoms in total. The summed E-state index contributed by atoms with van der Waals surface area (Å²) in [4.78, 5) is 29.0. The molecule has 0 saturated carbocycles. The Morgan fingerprint density at radius 2 is 1.96 bits per heavy atom. The van der Waals surface area contributed by atoms with E-state index in [9.17, 15) is 9.59 Å². The molecule has 0 radical (unpaired) electrons. The first kappa shape index (κ1) is 17.7. The number of esters is 1. The molecule has 3 aromatic rings. The van der Waals surface area contributed by atoms with Crippen molar-refractivity contribution in [3.05, 3.63) is 89.1 Å². The minimum absolute atomic E-state index is 0.273. The molecule has 1 aromatic heterocycles. The van der Waals surface area contributed by atoms with Crippen LogP contribution in [-0.4, -0.2) is 24.0 Å². The number of rotatable bonds is 4. The highest BCUT2D eigenvalue weighted by molar-refractivity contribution is 6.05. The summed E-state index contributed by atoms with van der Waals surface area (Å²) in [5.74, 6) is -0.177. The maximum Gasteiger partial charge on any atom is 0.339 e. The number of nitrogens with one attached hydrogen (secondary N) is 1. The fraction of sp³-hybridized carbons (Fsp3) is 0.136. The van der Waals surface area contributed by atoms with Crippen molar-refractivity contribution in [3.8, 4) is 5.88 Å². The lowest BCUT2D eigenvalue weighted by atomic mass is 9.93. The number of ether oxygens (including phenoxy) is 2. The first-order valence-electron chi connectivity index (χ1n) is 8.84. The van der Waals surface area contributed by atoms with Crippen molar-refractivity contribution in [2.75, 3.05) is 12.4 Å². The van der Waals surface area contributed by atoms with E-state index in [2.05, 4.69) is 10.3 Å². The monoisotopic (exact) mass is 374 g/mol. The first-order valence-corrected chi connectivity index (χ1v) is 8.84. The zero-order valence-corrected chi connectivity index (χ0v) is 15.2. The predicted octanol–water partition coefficient (Wildman–Crippen LogP) is 3.80. The van der Waals surface area contributed by atoms with E-state index in [1.54, 1.807) is 30.3 Å². The summed E-state index contributed by atoms with van der Waals surface area (Å²) in [5, 5.41) is 2.80. The number of anilines is 1. The molecule has 1 atom stereocenters. The second kappa shape index (κ2) is 7.52. The average Bonchev–Trinajstić information content (AvgIpc) is 2.74. The molecule has 28 heavy (non-hydrogen) atoms. The number of benzene rings is 2. The predicted molar refractivity (Wildman–Crippen MR) is 103 cm³/mol. The molecule has 0 spiro atoms. The van der Waals surface area contributed by atoms with E-state index >= 15 is 0 Å². The standard InChI is InChI=1S/C22H18N2O4/c1-27-20-10-8-17(13-23-20)24-21(25)15-7-9-18-16(11-15)12-19(28-22(18)26)14-5-3-2-4-6-14/h2-11,13,19H,12H2,1H3,(H,24,25).